The van der Waals surface area contributed by atoms with Gasteiger partial charge in [-0.25, -0.2) is 40.0 Å². The van der Waals surface area contributed by atoms with Crippen LogP contribution in [0.25, 0.3) is 11.0 Å². The lowest BCUT2D eigenvalue weighted by atomic mass is 10.1. The van der Waals surface area contributed by atoms with E-state index in [0.29, 0.717) is 44.3 Å². The van der Waals surface area contributed by atoms with Crippen molar-refractivity contribution in [2.24, 2.45) is 5.14 Å². The first kappa shape index (κ1) is 29.0. The Kier molecular flexibility index (Phi) is 8.63. The normalized spacial score (nSPS) is 15.7. The minimum absolute atomic E-state index is 0.0173. The number of aryl methyl sites for hydroxylation is 1. The van der Waals surface area contributed by atoms with Crippen molar-refractivity contribution in [2.45, 2.75) is 44.7 Å². The highest BCUT2D eigenvalue weighted by molar-refractivity contribution is 7.89. The molecule has 3 aromatic rings. The molecule has 0 radical (unpaired) electrons. The van der Waals surface area contributed by atoms with Gasteiger partial charge in [-0.1, -0.05) is 24.3 Å². The van der Waals surface area contributed by atoms with Crippen LogP contribution in [0.2, 0.25) is 0 Å². The second-order valence-corrected chi connectivity index (χ2v) is 13.3. The predicted molar refractivity (Wildman–Crippen MR) is 144 cm³/mol. The summed E-state index contributed by atoms with van der Waals surface area (Å²) in [5.74, 6) is 0.0761. The van der Waals surface area contributed by atoms with Crippen LogP contribution in [0.15, 0.2) is 41.3 Å². The average molecular weight is 585 g/mol. The fourth-order valence-electron chi connectivity index (χ4n) is 4.54. The van der Waals surface area contributed by atoms with E-state index in [2.05, 4.69) is 15.3 Å². The molecule has 39 heavy (non-hydrogen) atoms. The van der Waals surface area contributed by atoms with E-state index in [0.717, 1.165) is 11.6 Å². The molecule has 0 unspecified atom stereocenters. The molecule has 2 aromatic heterocycles. The molecule has 3 heterocycles. The van der Waals surface area contributed by atoms with Crippen LogP contribution in [-0.4, -0.2) is 66.8 Å². The molecule has 0 amide bonds. The van der Waals surface area contributed by atoms with Crippen molar-refractivity contribution < 1.29 is 25.6 Å². The number of sulfonamides is 2. The molecule has 1 aromatic carbocycles. The smallest absolute Gasteiger partial charge is 0.269 e. The van der Waals surface area contributed by atoms with Gasteiger partial charge in [-0.3, -0.25) is 9.36 Å². The zero-order valence-electron chi connectivity index (χ0n) is 21.3. The summed E-state index contributed by atoms with van der Waals surface area (Å²) < 4.78 is 75.7. The zero-order chi connectivity index (χ0) is 28.4. The van der Waals surface area contributed by atoms with Gasteiger partial charge in [0.1, 0.15) is 5.65 Å². The molecule has 0 saturated carbocycles. The SMILES string of the molecule is CS(=O)(=O)N1CCC(Nc2ncc3cc(C(F)F)c(=O)n(Cc4ccc(CCCS(N)(=O)=O)cc4)c3n2)CC1. The van der Waals surface area contributed by atoms with Gasteiger partial charge in [0.05, 0.1) is 24.1 Å². The van der Waals surface area contributed by atoms with Gasteiger partial charge in [0.25, 0.3) is 12.0 Å². The lowest BCUT2D eigenvalue weighted by Gasteiger charge is -2.30. The molecular weight excluding hydrogens is 554 g/mol. The van der Waals surface area contributed by atoms with Crippen molar-refractivity contribution in [3.8, 4) is 0 Å². The first-order valence-electron chi connectivity index (χ1n) is 12.3. The molecule has 0 aliphatic carbocycles. The van der Waals surface area contributed by atoms with Gasteiger partial charge in [-0.05, 0) is 42.9 Å². The number of fused-ring (bicyclic) bond motifs is 1. The maximum atomic E-state index is 13.7. The van der Waals surface area contributed by atoms with Crippen LogP contribution in [-0.2, 0) is 33.0 Å². The fourth-order valence-corrected chi connectivity index (χ4v) is 5.96. The fraction of sp³-hybridized carbons (Fsp3) is 0.458. The molecule has 4 rings (SSSR count). The summed E-state index contributed by atoms with van der Waals surface area (Å²) in [5, 5.41) is 8.49. The van der Waals surface area contributed by atoms with E-state index in [1.54, 1.807) is 24.3 Å². The maximum Gasteiger partial charge on any atom is 0.269 e. The highest BCUT2D eigenvalue weighted by Gasteiger charge is 2.25. The van der Waals surface area contributed by atoms with Gasteiger partial charge in [-0.15, -0.1) is 0 Å². The van der Waals surface area contributed by atoms with Crippen LogP contribution in [0.1, 0.15) is 42.4 Å². The number of piperidine rings is 1. The second kappa shape index (κ2) is 11.6. The van der Waals surface area contributed by atoms with E-state index >= 15 is 0 Å². The number of hydrogen-bond donors (Lipinski definition) is 2. The molecule has 0 bridgehead atoms. The van der Waals surface area contributed by atoms with Crippen molar-refractivity contribution in [1.82, 2.24) is 18.8 Å². The molecule has 1 saturated heterocycles. The van der Waals surface area contributed by atoms with Crippen molar-refractivity contribution >= 4 is 37.0 Å². The molecule has 15 heteroatoms. The third kappa shape index (κ3) is 7.56. The van der Waals surface area contributed by atoms with Crippen LogP contribution < -0.4 is 16.0 Å². The summed E-state index contributed by atoms with van der Waals surface area (Å²) in [6, 6.07) is 8.07. The van der Waals surface area contributed by atoms with E-state index in [-0.39, 0.29) is 35.3 Å². The van der Waals surface area contributed by atoms with E-state index in [1.807, 2.05) is 0 Å². The Morgan fingerprint density at radius 3 is 2.33 bits per heavy atom. The van der Waals surface area contributed by atoms with Crippen LogP contribution in [0.5, 0.6) is 0 Å². The van der Waals surface area contributed by atoms with Crippen molar-refractivity contribution in [2.75, 3.05) is 30.4 Å². The predicted octanol–water partition coefficient (Wildman–Crippen LogP) is 1.83. The molecule has 212 valence electrons. The summed E-state index contributed by atoms with van der Waals surface area (Å²) in [6.07, 6.45) is 1.50. The van der Waals surface area contributed by atoms with Gasteiger partial charge in [0.2, 0.25) is 26.0 Å². The third-order valence-corrected chi connectivity index (χ3v) is 8.76. The molecular formula is C24H30F2N6O5S2. The molecule has 11 nitrogen and oxygen atoms in total. The van der Waals surface area contributed by atoms with E-state index < -0.39 is 37.6 Å². The quantitative estimate of drug-likeness (QED) is 0.365. The first-order chi connectivity index (χ1) is 18.3. The van der Waals surface area contributed by atoms with Crippen LogP contribution in [0.3, 0.4) is 0 Å². The number of pyridine rings is 1. The lowest BCUT2D eigenvalue weighted by molar-refractivity contribution is 0.149. The number of alkyl halides is 2. The number of anilines is 1. The number of rotatable bonds is 10. The Bertz CT molecular complexity index is 1600. The topological polar surface area (TPSA) is 157 Å². The highest BCUT2D eigenvalue weighted by atomic mass is 32.2. The highest BCUT2D eigenvalue weighted by Crippen LogP contribution is 2.22. The van der Waals surface area contributed by atoms with Crippen LogP contribution in [0, 0.1) is 0 Å². The number of nitrogens with one attached hydrogen (secondary N) is 1. The van der Waals surface area contributed by atoms with E-state index in [9.17, 15) is 30.4 Å². The minimum atomic E-state index is -3.54. The second-order valence-electron chi connectivity index (χ2n) is 9.63. The molecule has 1 aliphatic heterocycles. The van der Waals surface area contributed by atoms with Gasteiger partial charge in [0.15, 0.2) is 0 Å². The van der Waals surface area contributed by atoms with Gasteiger partial charge < -0.3 is 5.32 Å². The molecule has 3 N–H and O–H groups in total. The van der Waals surface area contributed by atoms with Crippen molar-refractivity contribution in [3.63, 3.8) is 0 Å². The number of nitrogens with zero attached hydrogens (tertiary/aromatic N) is 4. The van der Waals surface area contributed by atoms with Gasteiger partial charge in [0, 0.05) is 30.7 Å². The van der Waals surface area contributed by atoms with E-state index in [4.69, 9.17) is 5.14 Å². The number of nitrogens with two attached hydrogens (primary N) is 1. The molecule has 0 atom stereocenters. The lowest BCUT2D eigenvalue weighted by Crippen LogP contribution is -2.42. The monoisotopic (exact) mass is 584 g/mol. The maximum absolute atomic E-state index is 13.7. The van der Waals surface area contributed by atoms with Crippen LogP contribution >= 0.6 is 0 Å². The Hall–Kier alpha value is -3.01. The van der Waals surface area contributed by atoms with Crippen LogP contribution in [0.4, 0.5) is 14.7 Å². The van der Waals surface area contributed by atoms with E-state index in [1.165, 1.54) is 21.3 Å². The zero-order valence-corrected chi connectivity index (χ0v) is 22.9. The number of benzene rings is 1. The molecule has 1 fully saturated rings. The largest absolute Gasteiger partial charge is 0.351 e. The Morgan fingerprint density at radius 2 is 1.74 bits per heavy atom. The summed E-state index contributed by atoms with van der Waals surface area (Å²) in [5.41, 5.74) is 0.214. The molecule has 0 spiro atoms. The number of hydrogen-bond acceptors (Lipinski definition) is 8. The third-order valence-electron chi connectivity index (χ3n) is 6.60. The summed E-state index contributed by atoms with van der Waals surface area (Å²) in [4.78, 5) is 21.7. The summed E-state index contributed by atoms with van der Waals surface area (Å²) in [7, 11) is -6.81. The standard InChI is InChI=1S/C24H30F2N6O5S2/c1-38(34,35)31-10-8-19(9-11-31)29-24-28-14-18-13-20(21(25)26)23(33)32(22(18)30-24)15-17-6-4-16(5-7-17)3-2-12-39(27,36)37/h4-7,13-14,19,21H,2-3,8-12,15H2,1H3,(H2,27,36,37)(H,28,29,30). The average Bonchev–Trinajstić information content (AvgIpc) is 2.85. The Balaban J connectivity index is 1.58. The Labute approximate surface area is 225 Å². The molecule has 1 aliphatic rings. The van der Waals surface area contributed by atoms with Crippen molar-refractivity contribution in [1.29, 1.82) is 0 Å². The number of primary sulfonamides is 1. The van der Waals surface area contributed by atoms with Crippen molar-refractivity contribution in [3.05, 3.63) is 63.6 Å². The summed E-state index contributed by atoms with van der Waals surface area (Å²) in [6.45, 7) is 0.686. The first-order valence-corrected chi connectivity index (χ1v) is 15.8. The number of halogens is 2. The van der Waals surface area contributed by atoms with Gasteiger partial charge in [-0.2, -0.15) is 4.98 Å². The number of aromatic nitrogens is 3. The summed E-state index contributed by atoms with van der Waals surface area (Å²) >= 11 is 0. The van der Waals surface area contributed by atoms with Gasteiger partial charge >= 0.3 is 0 Å². The Morgan fingerprint density at radius 1 is 1.10 bits per heavy atom. The minimum Gasteiger partial charge on any atom is -0.351 e.